The van der Waals surface area contributed by atoms with Crippen LogP contribution in [0.15, 0.2) is 36.5 Å². The van der Waals surface area contributed by atoms with Crippen molar-refractivity contribution in [3.8, 4) is 17.1 Å². The maximum atomic E-state index is 9.94. The predicted octanol–water partition coefficient (Wildman–Crippen LogP) is 1.92. The SMILES string of the molecule is Cn1c(-c2ccc(N)cc2O)nc2cccnc21. The molecule has 5 nitrogen and oxygen atoms in total. The van der Waals surface area contributed by atoms with Crippen LogP contribution in [-0.2, 0) is 7.05 Å². The van der Waals surface area contributed by atoms with Gasteiger partial charge in [-0.1, -0.05) is 0 Å². The molecule has 2 heterocycles. The first-order valence-electron chi connectivity index (χ1n) is 5.53. The van der Waals surface area contributed by atoms with E-state index in [0.717, 1.165) is 11.2 Å². The number of aromatic hydroxyl groups is 1. The molecule has 3 N–H and O–H groups in total. The van der Waals surface area contributed by atoms with Crippen LogP contribution < -0.4 is 5.73 Å². The second kappa shape index (κ2) is 3.73. The minimum atomic E-state index is 0.119. The number of aryl methyl sites for hydroxylation is 1. The van der Waals surface area contributed by atoms with Gasteiger partial charge in [0.15, 0.2) is 5.65 Å². The Kier molecular flexibility index (Phi) is 2.19. The van der Waals surface area contributed by atoms with Gasteiger partial charge in [-0.05, 0) is 24.3 Å². The van der Waals surface area contributed by atoms with Crippen molar-refractivity contribution in [1.82, 2.24) is 14.5 Å². The molecular weight excluding hydrogens is 228 g/mol. The molecule has 0 atom stereocenters. The summed E-state index contributed by atoms with van der Waals surface area (Å²) in [7, 11) is 1.87. The maximum Gasteiger partial charge on any atom is 0.160 e. The first-order valence-corrected chi connectivity index (χ1v) is 5.53. The topological polar surface area (TPSA) is 77.0 Å². The van der Waals surface area contributed by atoms with E-state index >= 15 is 0 Å². The Morgan fingerprint density at radius 1 is 1.28 bits per heavy atom. The van der Waals surface area contributed by atoms with Gasteiger partial charge in [-0.3, -0.25) is 0 Å². The second-order valence-corrected chi connectivity index (χ2v) is 4.12. The van der Waals surface area contributed by atoms with E-state index in [9.17, 15) is 5.11 Å². The minimum Gasteiger partial charge on any atom is -0.507 e. The molecule has 0 fully saturated rings. The minimum absolute atomic E-state index is 0.119. The van der Waals surface area contributed by atoms with Crippen LogP contribution in [-0.4, -0.2) is 19.6 Å². The predicted molar refractivity (Wildman–Crippen MR) is 70.0 cm³/mol. The van der Waals surface area contributed by atoms with Gasteiger partial charge in [0.25, 0.3) is 0 Å². The summed E-state index contributed by atoms with van der Waals surface area (Å²) in [5, 5.41) is 9.94. The summed E-state index contributed by atoms with van der Waals surface area (Å²) in [6, 6.07) is 8.73. The highest BCUT2D eigenvalue weighted by molar-refractivity contribution is 5.79. The van der Waals surface area contributed by atoms with E-state index in [4.69, 9.17) is 5.73 Å². The van der Waals surface area contributed by atoms with Crippen LogP contribution in [0.5, 0.6) is 5.75 Å². The summed E-state index contributed by atoms with van der Waals surface area (Å²) in [5.41, 5.74) is 8.36. The Morgan fingerprint density at radius 2 is 2.11 bits per heavy atom. The van der Waals surface area contributed by atoms with E-state index in [1.807, 2.05) is 23.7 Å². The molecule has 1 aromatic carbocycles. The fraction of sp³-hybridized carbons (Fsp3) is 0.0769. The zero-order valence-electron chi connectivity index (χ0n) is 9.83. The number of nitrogens with two attached hydrogens (primary N) is 1. The number of phenolic OH excluding ortho intramolecular Hbond substituents is 1. The van der Waals surface area contributed by atoms with Crippen molar-refractivity contribution in [2.45, 2.75) is 0 Å². The average molecular weight is 240 g/mol. The quantitative estimate of drug-likeness (QED) is 0.637. The standard InChI is InChI=1S/C13H12N4O/c1-17-12(9-5-4-8(14)7-11(9)18)16-10-3-2-6-15-13(10)17/h2-7,18H,14H2,1H3. The monoisotopic (exact) mass is 240 g/mol. The lowest BCUT2D eigenvalue weighted by atomic mass is 10.1. The van der Waals surface area contributed by atoms with Crippen molar-refractivity contribution in [2.75, 3.05) is 5.73 Å². The molecule has 0 amide bonds. The highest BCUT2D eigenvalue weighted by Crippen LogP contribution is 2.31. The molecule has 0 saturated heterocycles. The summed E-state index contributed by atoms with van der Waals surface area (Å²) in [6.07, 6.45) is 1.72. The number of aromatic nitrogens is 3. The van der Waals surface area contributed by atoms with Gasteiger partial charge in [0.2, 0.25) is 0 Å². The normalized spacial score (nSPS) is 10.9. The van der Waals surface area contributed by atoms with E-state index in [-0.39, 0.29) is 5.75 Å². The number of nitrogens with zero attached hydrogens (tertiary/aromatic N) is 3. The summed E-state index contributed by atoms with van der Waals surface area (Å²) < 4.78 is 1.85. The smallest absolute Gasteiger partial charge is 0.160 e. The number of hydrogen-bond donors (Lipinski definition) is 2. The van der Waals surface area contributed by atoms with Crippen LogP contribution >= 0.6 is 0 Å². The van der Waals surface area contributed by atoms with Crippen LogP contribution in [0.2, 0.25) is 0 Å². The van der Waals surface area contributed by atoms with E-state index in [2.05, 4.69) is 9.97 Å². The molecule has 0 bridgehead atoms. The Hall–Kier alpha value is -2.56. The van der Waals surface area contributed by atoms with Crippen LogP contribution in [0.4, 0.5) is 5.69 Å². The zero-order chi connectivity index (χ0) is 12.7. The van der Waals surface area contributed by atoms with E-state index in [1.165, 1.54) is 6.07 Å². The lowest BCUT2D eigenvalue weighted by Gasteiger charge is -2.05. The molecule has 5 heteroatoms. The van der Waals surface area contributed by atoms with Crippen LogP contribution in [0, 0.1) is 0 Å². The number of imidazole rings is 1. The Bertz CT molecular complexity index is 733. The number of pyridine rings is 1. The van der Waals surface area contributed by atoms with Crippen molar-refractivity contribution in [1.29, 1.82) is 0 Å². The lowest BCUT2D eigenvalue weighted by Crippen LogP contribution is -1.94. The van der Waals surface area contributed by atoms with Crippen LogP contribution in [0.1, 0.15) is 0 Å². The summed E-state index contributed by atoms with van der Waals surface area (Å²) in [6.45, 7) is 0. The fourth-order valence-electron chi connectivity index (χ4n) is 2.00. The molecule has 3 aromatic rings. The van der Waals surface area contributed by atoms with Gasteiger partial charge in [0.05, 0.1) is 5.56 Å². The number of anilines is 1. The maximum absolute atomic E-state index is 9.94. The second-order valence-electron chi connectivity index (χ2n) is 4.12. The number of fused-ring (bicyclic) bond motifs is 1. The largest absolute Gasteiger partial charge is 0.507 e. The highest BCUT2D eigenvalue weighted by atomic mass is 16.3. The van der Waals surface area contributed by atoms with Crippen LogP contribution in [0.25, 0.3) is 22.6 Å². The first kappa shape index (κ1) is 10.6. The van der Waals surface area contributed by atoms with Gasteiger partial charge in [0, 0.05) is 25.0 Å². The average Bonchev–Trinajstić information content (AvgIpc) is 2.68. The number of benzene rings is 1. The number of rotatable bonds is 1. The Balaban J connectivity index is 2.28. The number of nitrogen functional groups attached to an aromatic ring is 1. The summed E-state index contributed by atoms with van der Waals surface area (Å²) in [5.74, 6) is 0.787. The zero-order valence-corrected chi connectivity index (χ0v) is 9.83. The van der Waals surface area contributed by atoms with Gasteiger partial charge in [-0.25, -0.2) is 9.97 Å². The Morgan fingerprint density at radius 3 is 2.83 bits per heavy atom. The number of hydrogen-bond acceptors (Lipinski definition) is 4. The number of phenols is 1. The Labute approximate surface area is 104 Å². The van der Waals surface area contributed by atoms with E-state index in [0.29, 0.717) is 17.1 Å². The molecule has 0 saturated carbocycles. The molecule has 0 aliphatic rings. The first-order chi connectivity index (χ1) is 8.66. The van der Waals surface area contributed by atoms with Gasteiger partial charge >= 0.3 is 0 Å². The van der Waals surface area contributed by atoms with Gasteiger partial charge in [-0.15, -0.1) is 0 Å². The van der Waals surface area contributed by atoms with E-state index < -0.39 is 0 Å². The molecular formula is C13H12N4O. The van der Waals surface area contributed by atoms with Gasteiger partial charge in [-0.2, -0.15) is 0 Å². The van der Waals surface area contributed by atoms with Gasteiger partial charge < -0.3 is 15.4 Å². The fourth-order valence-corrected chi connectivity index (χ4v) is 2.00. The highest BCUT2D eigenvalue weighted by Gasteiger charge is 2.13. The molecule has 0 aliphatic heterocycles. The summed E-state index contributed by atoms with van der Waals surface area (Å²) in [4.78, 5) is 8.74. The molecule has 90 valence electrons. The molecule has 18 heavy (non-hydrogen) atoms. The molecule has 0 unspecified atom stereocenters. The van der Waals surface area contributed by atoms with Crippen molar-refractivity contribution in [3.05, 3.63) is 36.5 Å². The van der Waals surface area contributed by atoms with Crippen LogP contribution in [0.3, 0.4) is 0 Å². The third-order valence-electron chi connectivity index (χ3n) is 2.89. The third-order valence-corrected chi connectivity index (χ3v) is 2.89. The third kappa shape index (κ3) is 1.48. The van der Waals surface area contributed by atoms with Crippen molar-refractivity contribution in [3.63, 3.8) is 0 Å². The molecule has 0 spiro atoms. The molecule has 3 rings (SSSR count). The molecule has 0 radical (unpaired) electrons. The van der Waals surface area contributed by atoms with Crippen molar-refractivity contribution < 1.29 is 5.11 Å². The summed E-state index contributed by atoms with van der Waals surface area (Å²) >= 11 is 0. The van der Waals surface area contributed by atoms with Crippen molar-refractivity contribution >= 4 is 16.9 Å². The lowest BCUT2D eigenvalue weighted by molar-refractivity contribution is 0.477. The van der Waals surface area contributed by atoms with Crippen molar-refractivity contribution in [2.24, 2.45) is 7.05 Å². The van der Waals surface area contributed by atoms with Gasteiger partial charge in [0.1, 0.15) is 17.1 Å². The molecule has 2 aromatic heterocycles. The molecule has 0 aliphatic carbocycles. The van der Waals surface area contributed by atoms with E-state index in [1.54, 1.807) is 18.3 Å².